The highest BCUT2D eigenvalue weighted by molar-refractivity contribution is 9.10. The van der Waals surface area contributed by atoms with Crippen molar-refractivity contribution in [3.05, 3.63) is 39.9 Å². The topological polar surface area (TPSA) is 89.9 Å². The van der Waals surface area contributed by atoms with E-state index in [4.69, 9.17) is 0 Å². The van der Waals surface area contributed by atoms with Gasteiger partial charge in [-0.15, -0.1) is 0 Å². The van der Waals surface area contributed by atoms with Crippen molar-refractivity contribution in [3.8, 4) is 5.75 Å². The molecule has 0 radical (unpaired) electrons. The lowest BCUT2D eigenvalue weighted by molar-refractivity contribution is -0.382. The zero-order valence-corrected chi connectivity index (χ0v) is 20.2. The number of aryl methyl sites for hydroxylation is 1. The summed E-state index contributed by atoms with van der Waals surface area (Å²) in [7, 11) is -7.36. The number of alkyl halides is 9. The number of carbonyl (C=O) groups is 1. The number of hydrogen-bond acceptors (Lipinski definition) is 6. The zero-order valence-electron chi connectivity index (χ0n) is 17.8. The lowest BCUT2D eigenvalue weighted by Gasteiger charge is -2.32. The first-order valence-corrected chi connectivity index (χ1v) is 11.6. The maximum Gasteiger partial charge on any atom is 0.460 e. The third kappa shape index (κ3) is 4.83. The molecule has 202 valence electrons. The average Bonchev–Trinajstić information content (AvgIpc) is 2.71. The lowest BCUT2D eigenvalue weighted by Crippen LogP contribution is -2.63. The first-order valence-electron chi connectivity index (χ1n) is 9.35. The van der Waals surface area contributed by atoms with Gasteiger partial charge in [0.25, 0.3) is 0 Å². The van der Waals surface area contributed by atoms with Crippen LogP contribution in [0, 0.1) is 6.92 Å². The number of aliphatic hydroxyl groups is 1. The minimum Gasteiger partial charge on any atom is -0.464 e. The summed E-state index contributed by atoms with van der Waals surface area (Å²) in [6.45, 7) is 2.06. The van der Waals surface area contributed by atoms with Crippen LogP contribution in [0.3, 0.4) is 0 Å². The van der Waals surface area contributed by atoms with E-state index in [1.165, 1.54) is 19.1 Å². The molecule has 0 heterocycles. The number of fused-ring (bicyclic) bond motifs is 1. The molecule has 1 unspecified atom stereocenters. The number of halogens is 10. The van der Waals surface area contributed by atoms with Crippen molar-refractivity contribution in [2.75, 3.05) is 6.61 Å². The van der Waals surface area contributed by atoms with Crippen molar-refractivity contribution in [1.82, 2.24) is 0 Å². The van der Waals surface area contributed by atoms with E-state index in [9.17, 15) is 57.8 Å². The van der Waals surface area contributed by atoms with Crippen LogP contribution in [-0.4, -0.2) is 49.4 Å². The maximum absolute atomic E-state index is 14.3. The monoisotopic (exact) mass is 620 g/mol. The molecule has 0 amide bonds. The van der Waals surface area contributed by atoms with Crippen LogP contribution in [0.15, 0.2) is 28.7 Å². The third-order valence-electron chi connectivity index (χ3n) is 4.71. The van der Waals surface area contributed by atoms with Crippen molar-refractivity contribution in [3.63, 3.8) is 0 Å². The van der Waals surface area contributed by atoms with Crippen molar-refractivity contribution in [2.45, 2.75) is 43.2 Å². The molecule has 6 nitrogen and oxygen atoms in total. The van der Waals surface area contributed by atoms with E-state index in [0.29, 0.717) is 4.47 Å². The SMILES string of the molecule is CCOC(=O)C(O)c1c(C)cc2cc(Br)ccc2c1OS(=O)(=O)C(F)(F)C(F)(F)C(F)(F)C(F)(F)F. The molecule has 0 aromatic heterocycles. The van der Waals surface area contributed by atoms with Crippen LogP contribution < -0.4 is 4.18 Å². The summed E-state index contributed by atoms with van der Waals surface area (Å²) >= 11 is 3.04. The van der Waals surface area contributed by atoms with Crippen molar-refractivity contribution in [1.29, 1.82) is 0 Å². The van der Waals surface area contributed by atoms with Gasteiger partial charge in [0.05, 0.1) is 6.61 Å². The Morgan fingerprint density at radius 1 is 1.03 bits per heavy atom. The minimum absolute atomic E-state index is 0.0532. The Morgan fingerprint density at radius 2 is 1.58 bits per heavy atom. The molecule has 0 aliphatic carbocycles. The van der Waals surface area contributed by atoms with Crippen molar-refractivity contribution in [2.24, 2.45) is 0 Å². The highest BCUT2D eigenvalue weighted by Crippen LogP contribution is 2.55. The van der Waals surface area contributed by atoms with Gasteiger partial charge in [0.2, 0.25) is 0 Å². The fraction of sp³-hybridized carbons (Fsp3) is 0.421. The van der Waals surface area contributed by atoms with Gasteiger partial charge in [0, 0.05) is 15.4 Å². The van der Waals surface area contributed by atoms with Gasteiger partial charge in [-0.3, -0.25) is 0 Å². The summed E-state index contributed by atoms with van der Waals surface area (Å²) < 4.78 is 153. The van der Waals surface area contributed by atoms with Gasteiger partial charge in [-0.1, -0.05) is 22.0 Å². The number of esters is 1. The number of carbonyl (C=O) groups excluding carboxylic acids is 1. The van der Waals surface area contributed by atoms with E-state index in [-0.39, 0.29) is 17.6 Å². The standard InChI is InChI=1S/C19H14BrF9O6S/c1-3-34-15(31)13(30)12-8(2)6-9-7-10(20)4-5-11(9)14(12)35-36(32,33)19(28,29)17(23,24)16(21,22)18(25,26)27/h4-7,13,30H,3H2,1-2H3. The second-order valence-electron chi connectivity index (χ2n) is 7.16. The smallest absolute Gasteiger partial charge is 0.460 e. The summed E-state index contributed by atoms with van der Waals surface area (Å²) in [5, 5.41) is 2.60. The Hall–Kier alpha value is -2.27. The summed E-state index contributed by atoms with van der Waals surface area (Å²) in [4.78, 5) is 12.0. The first kappa shape index (κ1) is 30.0. The van der Waals surface area contributed by atoms with Gasteiger partial charge in [-0.25, -0.2) is 4.79 Å². The molecule has 0 fully saturated rings. The van der Waals surface area contributed by atoms with Crippen LogP contribution in [0.4, 0.5) is 39.5 Å². The molecule has 2 rings (SSSR count). The van der Waals surface area contributed by atoms with E-state index >= 15 is 0 Å². The Labute approximate surface area is 205 Å². The molecule has 0 saturated heterocycles. The number of aliphatic hydroxyl groups excluding tert-OH is 1. The van der Waals surface area contributed by atoms with Crippen molar-refractivity contribution < 1.29 is 66.8 Å². The number of hydrogen-bond donors (Lipinski definition) is 1. The highest BCUT2D eigenvalue weighted by atomic mass is 79.9. The Morgan fingerprint density at radius 3 is 2.08 bits per heavy atom. The van der Waals surface area contributed by atoms with Crippen LogP contribution in [0.1, 0.15) is 24.2 Å². The summed E-state index contributed by atoms with van der Waals surface area (Å²) in [6, 6.07) is 4.52. The van der Waals surface area contributed by atoms with Crippen LogP contribution >= 0.6 is 15.9 Å². The lowest BCUT2D eigenvalue weighted by atomic mass is 9.96. The second-order valence-corrected chi connectivity index (χ2v) is 9.66. The average molecular weight is 621 g/mol. The van der Waals surface area contributed by atoms with Crippen LogP contribution in [-0.2, 0) is 19.6 Å². The van der Waals surface area contributed by atoms with E-state index in [1.807, 2.05) is 0 Å². The normalized spacial score (nSPS) is 14.6. The van der Waals surface area contributed by atoms with Crippen LogP contribution in [0.5, 0.6) is 5.75 Å². The maximum atomic E-state index is 14.3. The molecule has 0 bridgehead atoms. The minimum atomic E-state index is -7.54. The van der Waals surface area contributed by atoms with Gasteiger partial charge in [-0.05, 0) is 43.0 Å². The first-order chi connectivity index (χ1) is 16.1. The Balaban J connectivity index is 2.82. The summed E-state index contributed by atoms with van der Waals surface area (Å²) in [6.07, 6.45) is -9.74. The molecule has 0 aliphatic heterocycles. The van der Waals surface area contributed by atoms with E-state index in [1.54, 1.807) is 0 Å². The van der Waals surface area contributed by atoms with Crippen LogP contribution in [0.25, 0.3) is 10.8 Å². The number of rotatable bonds is 8. The fourth-order valence-corrected chi connectivity index (χ4v) is 4.27. The van der Waals surface area contributed by atoms with Gasteiger partial charge < -0.3 is 14.0 Å². The predicted octanol–water partition coefficient (Wildman–Crippen LogP) is 5.64. The molecular formula is C19H14BrF9O6S. The van der Waals surface area contributed by atoms with Gasteiger partial charge in [-0.2, -0.15) is 47.9 Å². The second kappa shape index (κ2) is 9.55. The quantitative estimate of drug-likeness (QED) is 0.233. The highest BCUT2D eigenvalue weighted by Gasteiger charge is 2.86. The van der Waals surface area contributed by atoms with Crippen LogP contribution in [0.2, 0.25) is 0 Å². The number of ether oxygens (including phenoxy) is 1. The van der Waals surface area contributed by atoms with E-state index in [0.717, 1.165) is 19.1 Å². The predicted molar refractivity (Wildman–Crippen MR) is 108 cm³/mol. The van der Waals surface area contributed by atoms with E-state index in [2.05, 4.69) is 24.8 Å². The summed E-state index contributed by atoms with van der Waals surface area (Å²) in [5.41, 5.74) is -1.16. The number of benzene rings is 2. The Bertz CT molecular complexity index is 1280. The zero-order chi connectivity index (χ0) is 28.1. The van der Waals surface area contributed by atoms with Gasteiger partial charge in [0.15, 0.2) is 11.9 Å². The van der Waals surface area contributed by atoms with Gasteiger partial charge in [0.1, 0.15) is 0 Å². The van der Waals surface area contributed by atoms with Crippen molar-refractivity contribution >= 4 is 42.8 Å². The molecule has 36 heavy (non-hydrogen) atoms. The molecule has 2 aromatic carbocycles. The molecule has 1 atom stereocenters. The molecule has 17 heteroatoms. The largest absolute Gasteiger partial charge is 0.464 e. The molecule has 2 aromatic rings. The fourth-order valence-electron chi connectivity index (χ4n) is 2.94. The molecule has 0 saturated carbocycles. The summed E-state index contributed by atoms with van der Waals surface area (Å²) in [5.74, 6) is -17.9. The van der Waals surface area contributed by atoms with E-state index < -0.39 is 62.2 Å². The molecule has 1 N–H and O–H groups in total. The molecular weight excluding hydrogens is 607 g/mol. The third-order valence-corrected chi connectivity index (χ3v) is 6.47. The van der Waals surface area contributed by atoms with Gasteiger partial charge >= 0.3 is 39.4 Å². The Kier molecular flexibility index (Phi) is 7.95. The molecule has 0 aliphatic rings. The molecule has 0 spiro atoms.